The van der Waals surface area contributed by atoms with Gasteiger partial charge in [-0.2, -0.15) is 19.7 Å². The van der Waals surface area contributed by atoms with E-state index in [9.17, 15) is 9.18 Å². The van der Waals surface area contributed by atoms with Gasteiger partial charge >= 0.3 is 0 Å². The fraction of sp³-hybridized carbons (Fsp3) is 0.176. The smallest absolute Gasteiger partial charge is 0.267 e. The molecule has 0 radical (unpaired) electrons. The van der Waals surface area contributed by atoms with Crippen molar-refractivity contribution < 1.29 is 9.18 Å². The summed E-state index contributed by atoms with van der Waals surface area (Å²) in [4.78, 5) is 12.1. The Labute approximate surface area is 154 Å². The second-order valence-electron chi connectivity index (χ2n) is 5.67. The van der Waals surface area contributed by atoms with Crippen molar-refractivity contribution in [3.63, 3.8) is 0 Å². The fourth-order valence-corrected chi connectivity index (χ4v) is 2.54. The number of halogens is 2. The highest BCUT2D eigenvalue weighted by atomic mass is 35.5. The van der Waals surface area contributed by atoms with Gasteiger partial charge in [0.25, 0.3) is 5.91 Å². The van der Waals surface area contributed by atoms with Gasteiger partial charge in [-0.15, -0.1) is 0 Å². The van der Waals surface area contributed by atoms with Crippen molar-refractivity contribution in [2.45, 2.75) is 13.5 Å². The Morgan fingerprint density at radius 3 is 2.69 bits per heavy atom. The molecule has 26 heavy (non-hydrogen) atoms. The molecule has 2 aromatic heterocycles. The van der Waals surface area contributed by atoms with E-state index in [0.717, 1.165) is 10.2 Å². The molecule has 0 saturated heterocycles. The molecular weight excluding hydrogens is 359 g/mol. The van der Waals surface area contributed by atoms with Crippen LogP contribution in [0.4, 0.5) is 4.39 Å². The number of carbonyl (C=O) groups is 1. The van der Waals surface area contributed by atoms with Crippen molar-refractivity contribution in [1.82, 2.24) is 25.0 Å². The Hall–Kier alpha value is -3.00. The molecule has 1 N–H and O–H groups in total. The van der Waals surface area contributed by atoms with Crippen molar-refractivity contribution in [3.8, 4) is 0 Å². The van der Waals surface area contributed by atoms with Gasteiger partial charge in [-0.05, 0) is 24.6 Å². The van der Waals surface area contributed by atoms with Gasteiger partial charge in [0.2, 0.25) is 5.95 Å². The van der Waals surface area contributed by atoms with Crippen LogP contribution in [-0.4, -0.2) is 31.7 Å². The number of nitrogens with zero attached hydrogens (tertiary/aromatic N) is 5. The number of aromatic nitrogens is 4. The van der Waals surface area contributed by atoms with Crippen LogP contribution < -0.4 is 5.43 Å². The maximum atomic E-state index is 13.8. The molecule has 0 aliphatic heterocycles. The number of nitrogens with one attached hydrogen (secondary N) is 1. The molecule has 7 nitrogen and oxygen atoms in total. The average Bonchev–Trinajstić information content (AvgIpc) is 3.12. The molecule has 0 aliphatic carbocycles. The molecule has 1 amide bonds. The summed E-state index contributed by atoms with van der Waals surface area (Å²) in [5.41, 5.74) is 4.51. The zero-order valence-electron chi connectivity index (χ0n) is 14.1. The topological polar surface area (TPSA) is 77.1 Å². The largest absolute Gasteiger partial charge is 0.271 e. The van der Waals surface area contributed by atoms with Crippen LogP contribution in [0.15, 0.2) is 41.8 Å². The van der Waals surface area contributed by atoms with Gasteiger partial charge in [0.15, 0.2) is 0 Å². The van der Waals surface area contributed by atoms with E-state index >= 15 is 0 Å². The normalized spacial score (nSPS) is 11.2. The Bertz CT molecular complexity index is 960. The van der Waals surface area contributed by atoms with Gasteiger partial charge in [-0.25, -0.2) is 10.1 Å². The van der Waals surface area contributed by atoms with Crippen molar-refractivity contribution in [3.05, 3.63) is 70.0 Å². The second-order valence-corrected chi connectivity index (χ2v) is 6.10. The highest BCUT2D eigenvalue weighted by Gasteiger charge is 2.11. The van der Waals surface area contributed by atoms with Gasteiger partial charge in [-0.1, -0.05) is 23.7 Å². The number of aryl methyl sites for hydroxylation is 2. The first kappa shape index (κ1) is 17.8. The third-order valence-electron chi connectivity index (χ3n) is 3.72. The zero-order valence-corrected chi connectivity index (χ0v) is 14.9. The van der Waals surface area contributed by atoms with E-state index in [0.29, 0.717) is 22.8 Å². The molecule has 9 heteroatoms. The van der Waals surface area contributed by atoms with E-state index in [1.165, 1.54) is 13.3 Å². The van der Waals surface area contributed by atoms with Crippen LogP contribution in [0.5, 0.6) is 0 Å². The van der Waals surface area contributed by atoms with E-state index < -0.39 is 11.9 Å². The molecule has 0 aliphatic rings. The molecular formula is C17H16ClFN6O. The monoisotopic (exact) mass is 374 g/mol. The van der Waals surface area contributed by atoms with Gasteiger partial charge < -0.3 is 0 Å². The van der Waals surface area contributed by atoms with E-state index in [1.54, 1.807) is 36.1 Å². The van der Waals surface area contributed by atoms with Gasteiger partial charge in [0.1, 0.15) is 0 Å². The van der Waals surface area contributed by atoms with E-state index in [1.807, 2.05) is 12.1 Å². The molecule has 0 unspecified atom stereocenters. The Kier molecular flexibility index (Phi) is 5.13. The Balaban J connectivity index is 1.62. The number of hydrogen-bond acceptors (Lipinski definition) is 4. The minimum atomic E-state index is -0.511. The maximum absolute atomic E-state index is 13.8. The van der Waals surface area contributed by atoms with Gasteiger partial charge in [0.05, 0.1) is 35.2 Å². The number of hydrogen-bond donors (Lipinski definition) is 1. The molecule has 3 rings (SSSR count). The van der Waals surface area contributed by atoms with Crippen molar-refractivity contribution in [2.24, 2.45) is 12.1 Å². The first-order valence-corrected chi connectivity index (χ1v) is 8.11. The number of amides is 1. The zero-order chi connectivity index (χ0) is 18.7. The van der Waals surface area contributed by atoms with Crippen molar-refractivity contribution >= 4 is 23.7 Å². The van der Waals surface area contributed by atoms with Crippen molar-refractivity contribution in [1.29, 1.82) is 0 Å². The highest BCUT2D eigenvalue weighted by molar-refractivity contribution is 6.30. The number of benzene rings is 1. The average molecular weight is 375 g/mol. The van der Waals surface area contributed by atoms with Gasteiger partial charge in [0, 0.05) is 18.8 Å². The predicted octanol–water partition coefficient (Wildman–Crippen LogP) is 2.53. The summed E-state index contributed by atoms with van der Waals surface area (Å²) in [6, 6.07) is 7.00. The lowest BCUT2D eigenvalue weighted by molar-refractivity contribution is 0.0955. The Morgan fingerprint density at radius 1 is 1.38 bits per heavy atom. The molecule has 0 saturated carbocycles. The van der Waals surface area contributed by atoms with Crippen LogP contribution in [0.25, 0.3) is 0 Å². The summed E-state index contributed by atoms with van der Waals surface area (Å²) < 4.78 is 16.6. The molecule has 3 aromatic rings. The second kappa shape index (κ2) is 7.49. The van der Waals surface area contributed by atoms with Crippen LogP contribution in [0, 0.1) is 12.9 Å². The lowest BCUT2D eigenvalue weighted by Gasteiger charge is -2.04. The molecule has 0 spiro atoms. The van der Waals surface area contributed by atoms with E-state index in [4.69, 9.17) is 11.6 Å². The lowest BCUT2D eigenvalue weighted by atomic mass is 10.1. The third kappa shape index (κ3) is 3.97. The SMILES string of the molecule is Cc1nn(C)c(F)c1/C=N/NC(=O)c1ccc(Cn2cc(Cl)cn2)cc1. The van der Waals surface area contributed by atoms with Crippen LogP contribution in [0.1, 0.15) is 27.2 Å². The van der Waals surface area contributed by atoms with Crippen LogP contribution in [0.3, 0.4) is 0 Å². The first-order chi connectivity index (χ1) is 12.4. The molecule has 1 aromatic carbocycles. The minimum absolute atomic E-state index is 0.237. The summed E-state index contributed by atoms with van der Waals surface area (Å²) in [7, 11) is 1.50. The van der Waals surface area contributed by atoms with E-state index in [2.05, 4.69) is 20.7 Å². The molecule has 0 bridgehead atoms. The van der Waals surface area contributed by atoms with Crippen LogP contribution in [-0.2, 0) is 13.6 Å². The quantitative estimate of drug-likeness (QED) is 0.550. The fourth-order valence-electron chi connectivity index (χ4n) is 2.39. The summed E-state index contributed by atoms with van der Waals surface area (Å²) >= 11 is 5.83. The number of rotatable bonds is 5. The van der Waals surface area contributed by atoms with E-state index in [-0.39, 0.29) is 5.56 Å². The molecule has 134 valence electrons. The molecule has 0 atom stereocenters. The Morgan fingerprint density at radius 2 is 2.12 bits per heavy atom. The summed E-state index contributed by atoms with van der Waals surface area (Å²) in [5.74, 6) is -0.902. The number of hydrazone groups is 1. The molecule has 0 fully saturated rings. The lowest BCUT2D eigenvalue weighted by Crippen LogP contribution is -2.17. The summed E-state index contributed by atoms with van der Waals surface area (Å²) in [6.07, 6.45) is 4.52. The number of carbonyl (C=O) groups excluding carboxylic acids is 1. The standard InChI is InChI=1S/C17H16ClFN6O/c1-11-15(16(19)24(2)23-11)8-20-22-17(26)13-5-3-12(4-6-13)9-25-10-14(18)7-21-25/h3-8,10H,9H2,1-2H3,(H,22,26)/b20-8+. The van der Waals surface area contributed by atoms with Crippen molar-refractivity contribution in [2.75, 3.05) is 0 Å². The summed E-state index contributed by atoms with van der Waals surface area (Å²) in [6.45, 7) is 2.21. The predicted molar refractivity (Wildman–Crippen MR) is 95.7 cm³/mol. The summed E-state index contributed by atoms with van der Waals surface area (Å²) in [5, 5.41) is 12.4. The van der Waals surface area contributed by atoms with Crippen LogP contribution in [0.2, 0.25) is 5.02 Å². The first-order valence-electron chi connectivity index (χ1n) is 7.73. The van der Waals surface area contributed by atoms with Gasteiger partial charge in [-0.3, -0.25) is 9.48 Å². The maximum Gasteiger partial charge on any atom is 0.271 e. The highest BCUT2D eigenvalue weighted by Crippen LogP contribution is 2.10. The third-order valence-corrected chi connectivity index (χ3v) is 3.91. The van der Waals surface area contributed by atoms with Crippen LogP contribution >= 0.6 is 11.6 Å². The minimum Gasteiger partial charge on any atom is -0.267 e. The molecule has 2 heterocycles.